The zero-order valence-corrected chi connectivity index (χ0v) is 19.9. The first-order valence-corrected chi connectivity index (χ1v) is 10.0. The number of methoxy groups -OCH3 is 1. The molecule has 3 rings (SSSR count). The minimum Gasteiger partial charge on any atom is -0.497 e. The van der Waals surface area contributed by atoms with Crippen molar-refractivity contribution in [3.8, 4) is 5.75 Å². The fourth-order valence-electron chi connectivity index (χ4n) is 3.65. The van der Waals surface area contributed by atoms with Gasteiger partial charge in [-0.15, -0.1) is 24.0 Å². The predicted molar refractivity (Wildman–Crippen MR) is 128 cm³/mol. The van der Waals surface area contributed by atoms with E-state index in [-0.39, 0.29) is 24.0 Å². The number of hydrogen-bond acceptors (Lipinski definition) is 4. The molecule has 0 amide bonds. The highest BCUT2D eigenvalue weighted by atomic mass is 127. The molecule has 0 bridgehead atoms. The van der Waals surface area contributed by atoms with Crippen molar-refractivity contribution in [3.05, 3.63) is 47.8 Å². The number of benzene rings is 1. The van der Waals surface area contributed by atoms with Crippen LogP contribution in [0.2, 0.25) is 0 Å². The third kappa shape index (κ3) is 6.88. The van der Waals surface area contributed by atoms with Gasteiger partial charge >= 0.3 is 0 Å². The molecule has 1 aromatic carbocycles. The van der Waals surface area contributed by atoms with E-state index in [9.17, 15) is 0 Å². The van der Waals surface area contributed by atoms with Crippen LogP contribution in [-0.4, -0.2) is 61.0 Å². The Balaban J connectivity index is 0.00000300. The van der Waals surface area contributed by atoms with E-state index in [2.05, 4.69) is 50.7 Å². The monoisotopic (exact) mass is 512 g/mol. The van der Waals surface area contributed by atoms with Gasteiger partial charge in [0.05, 0.1) is 25.9 Å². The van der Waals surface area contributed by atoms with Crippen LogP contribution >= 0.6 is 24.0 Å². The Morgan fingerprint density at radius 2 is 2.07 bits per heavy atom. The minimum atomic E-state index is 0. The third-order valence-electron chi connectivity index (χ3n) is 5.14. The summed E-state index contributed by atoms with van der Waals surface area (Å²) < 4.78 is 7.37. The Kier molecular flexibility index (Phi) is 9.72. The van der Waals surface area contributed by atoms with Crippen molar-refractivity contribution < 1.29 is 4.74 Å². The van der Waals surface area contributed by atoms with Crippen LogP contribution in [0.15, 0.2) is 41.7 Å². The highest BCUT2D eigenvalue weighted by Crippen LogP contribution is 2.27. The number of aryl methyl sites for hydroxylation is 1. The van der Waals surface area contributed by atoms with Crippen molar-refractivity contribution in [2.24, 2.45) is 4.99 Å². The molecule has 2 heterocycles. The molecular weight excluding hydrogens is 479 g/mol. The minimum absolute atomic E-state index is 0. The second-order valence-electron chi connectivity index (χ2n) is 7.20. The number of likely N-dealkylation sites (tertiary alicyclic amines) is 1. The Bertz CT molecular complexity index is 772. The molecule has 1 fully saturated rings. The standard InChI is InChI=1S/C21H32N6O.HI/c1-17-14-25-27(16-17)12-9-23-21(22-2)24-15-20(26-10-4-5-11-26)18-7-6-8-19(13-18)28-3;/h6-8,13-14,16,20H,4-5,9-12,15H2,1-3H3,(H2,22,23,24);1H. The van der Waals surface area contributed by atoms with Gasteiger partial charge in [-0.1, -0.05) is 12.1 Å². The van der Waals surface area contributed by atoms with E-state index >= 15 is 0 Å². The van der Waals surface area contributed by atoms with E-state index in [1.807, 2.05) is 30.2 Å². The van der Waals surface area contributed by atoms with E-state index in [0.29, 0.717) is 6.04 Å². The SMILES string of the molecule is CN=C(NCCn1cc(C)cn1)NCC(c1cccc(OC)c1)N1CCCC1.I. The molecule has 1 aromatic heterocycles. The zero-order chi connectivity index (χ0) is 19.8. The third-order valence-corrected chi connectivity index (χ3v) is 5.14. The van der Waals surface area contributed by atoms with Gasteiger partial charge in [0, 0.05) is 26.3 Å². The highest BCUT2D eigenvalue weighted by molar-refractivity contribution is 14.0. The molecule has 1 atom stereocenters. The molecule has 2 aromatic rings. The zero-order valence-electron chi connectivity index (χ0n) is 17.6. The molecule has 160 valence electrons. The lowest BCUT2D eigenvalue weighted by molar-refractivity contribution is 0.245. The number of guanidine groups is 1. The Morgan fingerprint density at radius 1 is 1.28 bits per heavy atom. The number of nitrogens with one attached hydrogen (secondary N) is 2. The van der Waals surface area contributed by atoms with E-state index < -0.39 is 0 Å². The topological polar surface area (TPSA) is 66.7 Å². The maximum Gasteiger partial charge on any atom is 0.191 e. The summed E-state index contributed by atoms with van der Waals surface area (Å²) in [6.45, 7) is 6.69. The van der Waals surface area contributed by atoms with E-state index in [0.717, 1.165) is 44.4 Å². The number of aromatic nitrogens is 2. The second kappa shape index (κ2) is 12.0. The summed E-state index contributed by atoms with van der Waals surface area (Å²) in [4.78, 5) is 6.92. The van der Waals surface area contributed by atoms with Crippen LogP contribution in [0.5, 0.6) is 5.75 Å². The Hall–Kier alpha value is -1.81. The summed E-state index contributed by atoms with van der Waals surface area (Å²) in [5, 5.41) is 11.2. The number of aliphatic imine (C=N–C) groups is 1. The van der Waals surface area contributed by atoms with Gasteiger partial charge in [-0.2, -0.15) is 5.10 Å². The van der Waals surface area contributed by atoms with Gasteiger partial charge in [-0.25, -0.2) is 0 Å². The summed E-state index contributed by atoms with van der Waals surface area (Å²) >= 11 is 0. The van der Waals surface area contributed by atoms with Crippen LogP contribution in [-0.2, 0) is 6.54 Å². The lowest BCUT2D eigenvalue weighted by Crippen LogP contribution is -2.43. The summed E-state index contributed by atoms with van der Waals surface area (Å²) in [5.74, 6) is 1.72. The quantitative estimate of drug-likeness (QED) is 0.324. The van der Waals surface area contributed by atoms with Crippen molar-refractivity contribution in [2.45, 2.75) is 32.4 Å². The largest absolute Gasteiger partial charge is 0.497 e. The second-order valence-corrected chi connectivity index (χ2v) is 7.20. The van der Waals surface area contributed by atoms with Crippen molar-refractivity contribution in [1.29, 1.82) is 0 Å². The first-order valence-electron chi connectivity index (χ1n) is 10.0. The molecule has 8 heteroatoms. The normalized spacial score (nSPS) is 15.6. The molecule has 1 unspecified atom stereocenters. The predicted octanol–water partition coefficient (Wildman–Crippen LogP) is 2.82. The maximum atomic E-state index is 5.43. The van der Waals surface area contributed by atoms with Gasteiger partial charge in [0.1, 0.15) is 5.75 Å². The van der Waals surface area contributed by atoms with Crippen molar-refractivity contribution in [2.75, 3.05) is 40.3 Å². The summed E-state index contributed by atoms with van der Waals surface area (Å²) in [6, 6.07) is 8.68. The molecule has 2 N–H and O–H groups in total. The molecule has 0 saturated carbocycles. The number of rotatable bonds is 8. The Labute approximate surface area is 190 Å². The van der Waals surface area contributed by atoms with E-state index in [4.69, 9.17) is 4.74 Å². The lowest BCUT2D eigenvalue weighted by atomic mass is 10.1. The van der Waals surface area contributed by atoms with E-state index in [1.54, 1.807) is 7.11 Å². The first kappa shape index (κ1) is 23.5. The summed E-state index contributed by atoms with van der Waals surface area (Å²) in [7, 11) is 3.53. The molecule has 0 radical (unpaired) electrons. The van der Waals surface area contributed by atoms with Gasteiger partial charge in [0.25, 0.3) is 0 Å². The van der Waals surface area contributed by atoms with Crippen LogP contribution in [0.1, 0.15) is 30.0 Å². The van der Waals surface area contributed by atoms with Crippen LogP contribution in [0.3, 0.4) is 0 Å². The van der Waals surface area contributed by atoms with Crippen LogP contribution in [0.25, 0.3) is 0 Å². The molecule has 0 spiro atoms. The number of nitrogens with zero attached hydrogens (tertiary/aromatic N) is 4. The maximum absolute atomic E-state index is 5.43. The van der Waals surface area contributed by atoms with Crippen LogP contribution < -0.4 is 15.4 Å². The van der Waals surface area contributed by atoms with Gasteiger partial charge in [0.2, 0.25) is 0 Å². The van der Waals surface area contributed by atoms with Crippen molar-refractivity contribution in [1.82, 2.24) is 25.3 Å². The van der Waals surface area contributed by atoms with Crippen molar-refractivity contribution >= 4 is 29.9 Å². The lowest BCUT2D eigenvalue weighted by Gasteiger charge is -2.29. The smallest absolute Gasteiger partial charge is 0.191 e. The molecule has 1 aliphatic heterocycles. The first-order chi connectivity index (χ1) is 13.7. The van der Waals surface area contributed by atoms with Gasteiger partial charge in [0.15, 0.2) is 5.96 Å². The summed E-state index contributed by atoms with van der Waals surface area (Å²) in [5.41, 5.74) is 2.45. The number of halogens is 1. The molecule has 7 nitrogen and oxygen atoms in total. The molecule has 1 aliphatic rings. The van der Waals surface area contributed by atoms with E-state index in [1.165, 1.54) is 24.0 Å². The van der Waals surface area contributed by atoms with Gasteiger partial charge in [-0.3, -0.25) is 14.6 Å². The molecule has 0 aliphatic carbocycles. The average molecular weight is 512 g/mol. The van der Waals surface area contributed by atoms with Crippen molar-refractivity contribution in [3.63, 3.8) is 0 Å². The van der Waals surface area contributed by atoms with Gasteiger partial charge in [-0.05, 0) is 56.1 Å². The Morgan fingerprint density at radius 3 is 2.72 bits per heavy atom. The van der Waals surface area contributed by atoms with Crippen LogP contribution in [0, 0.1) is 6.92 Å². The van der Waals surface area contributed by atoms with Crippen LogP contribution in [0.4, 0.5) is 0 Å². The fraction of sp³-hybridized carbons (Fsp3) is 0.524. The number of ether oxygens (including phenoxy) is 1. The molecular formula is C21H33IN6O. The summed E-state index contributed by atoms with van der Waals surface area (Å²) in [6.07, 6.45) is 6.44. The van der Waals surface area contributed by atoms with Gasteiger partial charge < -0.3 is 15.4 Å². The number of hydrogen-bond donors (Lipinski definition) is 2. The molecule has 1 saturated heterocycles. The molecule has 29 heavy (non-hydrogen) atoms. The average Bonchev–Trinajstić information content (AvgIpc) is 3.39. The highest BCUT2D eigenvalue weighted by Gasteiger charge is 2.24. The fourth-order valence-corrected chi connectivity index (χ4v) is 3.65.